The molecule has 0 unspecified atom stereocenters. The van der Waals surface area contributed by atoms with Crippen LogP contribution in [0.4, 0.5) is 5.69 Å². The molecule has 2 rings (SSSR count). The summed E-state index contributed by atoms with van der Waals surface area (Å²) in [7, 11) is 0. The number of aromatic nitrogens is 1. The second kappa shape index (κ2) is 6.26. The Morgan fingerprint density at radius 1 is 1.24 bits per heavy atom. The first-order valence-corrected chi connectivity index (χ1v) is 7.40. The van der Waals surface area contributed by atoms with Crippen LogP contribution in [0.5, 0.6) is 0 Å². The van der Waals surface area contributed by atoms with E-state index in [-0.39, 0.29) is 18.0 Å². The summed E-state index contributed by atoms with van der Waals surface area (Å²) in [4.78, 5) is 24.1. The summed E-state index contributed by atoms with van der Waals surface area (Å²) in [5.41, 5.74) is 3.37. The minimum Gasteiger partial charge on any atom is -0.324 e. The second-order valence-electron chi connectivity index (χ2n) is 5.07. The van der Waals surface area contributed by atoms with Crippen LogP contribution in [-0.2, 0) is 11.3 Å². The molecule has 1 amide bonds. The first-order chi connectivity index (χ1) is 9.88. The van der Waals surface area contributed by atoms with Gasteiger partial charge in [0.1, 0.15) is 6.54 Å². The maximum absolute atomic E-state index is 12.1. The van der Waals surface area contributed by atoms with Gasteiger partial charge in [-0.25, -0.2) is 0 Å². The molecule has 0 spiro atoms. The molecule has 0 atom stereocenters. The average molecular weight is 349 g/mol. The Balaban J connectivity index is 2.20. The largest absolute Gasteiger partial charge is 0.324 e. The molecule has 110 valence electrons. The third-order valence-corrected chi connectivity index (χ3v) is 3.86. The van der Waals surface area contributed by atoms with Crippen LogP contribution in [0.3, 0.4) is 0 Å². The third-order valence-electron chi connectivity index (χ3n) is 3.42. The molecule has 0 saturated heterocycles. The van der Waals surface area contributed by atoms with Gasteiger partial charge in [-0.2, -0.15) is 0 Å². The maximum atomic E-state index is 12.1. The average Bonchev–Trinajstić information content (AvgIpc) is 2.40. The Morgan fingerprint density at radius 2 is 1.95 bits per heavy atom. The summed E-state index contributed by atoms with van der Waals surface area (Å²) < 4.78 is 2.18. The first-order valence-electron chi connectivity index (χ1n) is 6.61. The standard InChI is InChI=1S/C16H17BrN2O2/c1-10-5-4-6-14(12(10)3)18-15(20)9-19-8-13(17)7-11(2)16(19)21/h4-8H,9H2,1-3H3,(H,18,20). The van der Waals surface area contributed by atoms with Crippen molar-refractivity contribution in [2.45, 2.75) is 27.3 Å². The number of carbonyl (C=O) groups excluding carboxylic acids is 1. The number of nitrogens with one attached hydrogen (secondary N) is 1. The summed E-state index contributed by atoms with van der Waals surface area (Å²) in [6.45, 7) is 5.67. The van der Waals surface area contributed by atoms with Crippen molar-refractivity contribution < 1.29 is 4.79 Å². The van der Waals surface area contributed by atoms with Gasteiger partial charge in [0.15, 0.2) is 0 Å². The number of rotatable bonds is 3. The van der Waals surface area contributed by atoms with Gasteiger partial charge in [-0.05, 0) is 60.0 Å². The van der Waals surface area contributed by atoms with Crippen LogP contribution >= 0.6 is 15.9 Å². The number of pyridine rings is 1. The van der Waals surface area contributed by atoms with Crippen LogP contribution in [0.25, 0.3) is 0 Å². The first kappa shape index (κ1) is 15.5. The highest BCUT2D eigenvalue weighted by Gasteiger charge is 2.09. The molecule has 0 bridgehead atoms. The zero-order valence-electron chi connectivity index (χ0n) is 12.2. The maximum Gasteiger partial charge on any atom is 0.253 e. The van der Waals surface area contributed by atoms with E-state index >= 15 is 0 Å². The van der Waals surface area contributed by atoms with Crippen LogP contribution in [0.1, 0.15) is 16.7 Å². The fraction of sp³-hybridized carbons (Fsp3) is 0.250. The number of nitrogens with zero attached hydrogens (tertiary/aromatic N) is 1. The topological polar surface area (TPSA) is 51.1 Å². The van der Waals surface area contributed by atoms with Crippen molar-refractivity contribution in [1.29, 1.82) is 0 Å². The molecule has 0 saturated carbocycles. The lowest BCUT2D eigenvalue weighted by Gasteiger charge is -2.12. The number of hydrogen-bond donors (Lipinski definition) is 1. The number of carbonyl (C=O) groups is 1. The van der Waals surface area contributed by atoms with E-state index in [1.54, 1.807) is 19.2 Å². The summed E-state index contributed by atoms with van der Waals surface area (Å²) >= 11 is 3.33. The fourth-order valence-corrected chi connectivity index (χ4v) is 2.68. The summed E-state index contributed by atoms with van der Waals surface area (Å²) in [5.74, 6) is -0.219. The summed E-state index contributed by atoms with van der Waals surface area (Å²) in [5, 5.41) is 2.85. The van der Waals surface area contributed by atoms with Gasteiger partial charge in [-0.3, -0.25) is 9.59 Å². The molecule has 4 nitrogen and oxygen atoms in total. The predicted octanol–water partition coefficient (Wildman–Crippen LogP) is 3.17. The van der Waals surface area contributed by atoms with Gasteiger partial charge in [-0.1, -0.05) is 12.1 Å². The zero-order valence-corrected chi connectivity index (χ0v) is 13.8. The molecule has 0 aliphatic carbocycles. The Kier molecular flexibility index (Phi) is 4.63. The van der Waals surface area contributed by atoms with Gasteiger partial charge in [-0.15, -0.1) is 0 Å². The second-order valence-corrected chi connectivity index (χ2v) is 5.99. The minimum absolute atomic E-state index is 0.00745. The lowest BCUT2D eigenvalue weighted by atomic mass is 10.1. The van der Waals surface area contributed by atoms with Crippen molar-refractivity contribution in [3.63, 3.8) is 0 Å². The molecule has 2 aromatic rings. The lowest BCUT2D eigenvalue weighted by Crippen LogP contribution is -2.28. The Morgan fingerprint density at radius 3 is 2.67 bits per heavy atom. The fourth-order valence-electron chi connectivity index (χ4n) is 2.09. The van der Waals surface area contributed by atoms with E-state index in [1.165, 1.54) is 4.57 Å². The molecule has 1 aromatic heterocycles. The molecule has 1 N–H and O–H groups in total. The smallest absolute Gasteiger partial charge is 0.253 e. The van der Waals surface area contributed by atoms with Gasteiger partial charge in [0.05, 0.1) is 0 Å². The molecule has 0 fully saturated rings. The Hall–Kier alpha value is -1.88. The summed E-state index contributed by atoms with van der Waals surface area (Å²) in [6, 6.07) is 7.48. The van der Waals surface area contributed by atoms with E-state index in [4.69, 9.17) is 0 Å². The molecule has 5 heteroatoms. The molecular weight excluding hydrogens is 332 g/mol. The number of anilines is 1. The monoisotopic (exact) mass is 348 g/mol. The molecule has 0 aliphatic rings. The van der Waals surface area contributed by atoms with E-state index in [9.17, 15) is 9.59 Å². The highest BCUT2D eigenvalue weighted by molar-refractivity contribution is 9.10. The van der Waals surface area contributed by atoms with E-state index in [1.807, 2.05) is 32.0 Å². The van der Waals surface area contributed by atoms with Crippen molar-refractivity contribution in [1.82, 2.24) is 4.57 Å². The highest BCUT2D eigenvalue weighted by Crippen LogP contribution is 2.18. The molecular formula is C16H17BrN2O2. The highest BCUT2D eigenvalue weighted by atomic mass is 79.9. The van der Waals surface area contributed by atoms with Gasteiger partial charge < -0.3 is 9.88 Å². The van der Waals surface area contributed by atoms with Gasteiger partial charge >= 0.3 is 0 Å². The molecule has 0 aliphatic heterocycles. The lowest BCUT2D eigenvalue weighted by molar-refractivity contribution is -0.116. The normalized spacial score (nSPS) is 10.5. The van der Waals surface area contributed by atoms with Gasteiger partial charge in [0.25, 0.3) is 5.56 Å². The van der Waals surface area contributed by atoms with Crippen LogP contribution < -0.4 is 10.9 Å². The predicted molar refractivity (Wildman–Crippen MR) is 87.7 cm³/mol. The van der Waals surface area contributed by atoms with E-state index in [2.05, 4.69) is 21.2 Å². The SMILES string of the molecule is Cc1cccc(NC(=O)Cn2cc(Br)cc(C)c2=O)c1C. The van der Waals surface area contributed by atoms with Crippen LogP contribution in [0, 0.1) is 20.8 Å². The van der Waals surface area contributed by atoms with Crippen molar-refractivity contribution in [2.24, 2.45) is 0 Å². The number of halogens is 1. The minimum atomic E-state index is -0.219. The molecule has 21 heavy (non-hydrogen) atoms. The number of aryl methyl sites for hydroxylation is 2. The number of hydrogen-bond acceptors (Lipinski definition) is 2. The number of benzene rings is 1. The van der Waals surface area contributed by atoms with Crippen LogP contribution in [0.2, 0.25) is 0 Å². The third kappa shape index (κ3) is 3.61. The summed E-state index contributed by atoms with van der Waals surface area (Å²) in [6.07, 6.45) is 1.62. The van der Waals surface area contributed by atoms with Crippen molar-refractivity contribution in [3.05, 3.63) is 62.0 Å². The molecule has 1 heterocycles. The molecule has 1 aromatic carbocycles. The zero-order chi connectivity index (χ0) is 15.6. The van der Waals surface area contributed by atoms with E-state index in [0.29, 0.717) is 5.56 Å². The van der Waals surface area contributed by atoms with Crippen LogP contribution in [0.15, 0.2) is 39.7 Å². The van der Waals surface area contributed by atoms with Crippen molar-refractivity contribution >= 4 is 27.5 Å². The van der Waals surface area contributed by atoms with Crippen molar-refractivity contribution in [3.8, 4) is 0 Å². The van der Waals surface area contributed by atoms with Crippen molar-refractivity contribution in [2.75, 3.05) is 5.32 Å². The van der Waals surface area contributed by atoms with E-state index < -0.39 is 0 Å². The quantitative estimate of drug-likeness (QED) is 0.925. The van der Waals surface area contributed by atoms with Crippen LogP contribution in [-0.4, -0.2) is 10.5 Å². The number of amides is 1. The van der Waals surface area contributed by atoms with Gasteiger partial charge in [0, 0.05) is 21.9 Å². The van der Waals surface area contributed by atoms with E-state index in [0.717, 1.165) is 21.3 Å². The Labute approximate surface area is 131 Å². The Bertz CT molecular complexity index is 750. The molecule has 0 radical (unpaired) electrons. The van der Waals surface area contributed by atoms with Gasteiger partial charge in [0.2, 0.25) is 5.91 Å².